The van der Waals surface area contributed by atoms with Gasteiger partial charge in [-0.2, -0.15) is 0 Å². The molecule has 1 heterocycles. The van der Waals surface area contributed by atoms with Gasteiger partial charge in [-0.25, -0.2) is 4.79 Å². The van der Waals surface area contributed by atoms with Crippen molar-refractivity contribution in [3.63, 3.8) is 0 Å². The van der Waals surface area contributed by atoms with E-state index in [1.807, 2.05) is 31.2 Å². The van der Waals surface area contributed by atoms with Gasteiger partial charge in [0.25, 0.3) is 5.91 Å². The van der Waals surface area contributed by atoms with Crippen molar-refractivity contribution in [1.82, 2.24) is 9.88 Å². The summed E-state index contributed by atoms with van der Waals surface area (Å²) in [5.41, 5.74) is 7.44. The molecule has 0 radical (unpaired) electrons. The fourth-order valence-electron chi connectivity index (χ4n) is 5.91. The molecule has 232 valence electrons. The Morgan fingerprint density at radius 2 is 1.75 bits per heavy atom. The highest BCUT2D eigenvalue weighted by Gasteiger charge is 2.24. The lowest BCUT2D eigenvalue weighted by atomic mass is 9.85. The van der Waals surface area contributed by atoms with E-state index in [4.69, 9.17) is 16.3 Å². The third-order valence-corrected chi connectivity index (χ3v) is 9.35. The topological polar surface area (TPSA) is 80.6 Å². The highest BCUT2D eigenvalue weighted by molar-refractivity contribution is 6.32. The van der Waals surface area contributed by atoms with E-state index in [9.17, 15) is 14.7 Å². The number of aromatic nitrogens is 1. The third kappa shape index (κ3) is 6.81. The van der Waals surface area contributed by atoms with E-state index in [0.29, 0.717) is 28.7 Å². The molecule has 2 atom stereocenters. The molecule has 5 rings (SSSR count). The second kappa shape index (κ2) is 12.7. The number of benzene rings is 3. The maximum absolute atomic E-state index is 13.5. The normalized spacial score (nSPS) is 15.1. The Morgan fingerprint density at radius 3 is 2.36 bits per heavy atom. The number of nitrogens with one attached hydrogen (secondary N) is 1. The van der Waals surface area contributed by atoms with Crippen LogP contribution in [0.25, 0.3) is 10.9 Å². The van der Waals surface area contributed by atoms with Crippen molar-refractivity contribution in [3.05, 3.63) is 99.2 Å². The quantitative estimate of drug-likeness (QED) is 0.187. The molecule has 4 aromatic rings. The summed E-state index contributed by atoms with van der Waals surface area (Å²) in [6.45, 7) is 13.2. The van der Waals surface area contributed by atoms with Gasteiger partial charge in [0.05, 0.1) is 11.1 Å². The number of ether oxygens (including phenoxy) is 1. The zero-order chi connectivity index (χ0) is 31.8. The Bertz CT molecular complexity index is 1680. The Labute approximate surface area is 265 Å². The summed E-state index contributed by atoms with van der Waals surface area (Å²) in [6, 6.07) is 19.9. The zero-order valence-electron chi connectivity index (χ0n) is 26.5. The first-order valence-corrected chi connectivity index (χ1v) is 15.9. The molecule has 3 aromatic carbocycles. The van der Waals surface area contributed by atoms with Gasteiger partial charge in [0, 0.05) is 28.7 Å². The van der Waals surface area contributed by atoms with E-state index in [2.05, 4.69) is 67.9 Å². The number of rotatable bonds is 10. The third-order valence-electron chi connectivity index (χ3n) is 9.04. The lowest BCUT2D eigenvalue weighted by Crippen LogP contribution is -2.26. The molecule has 1 aliphatic rings. The van der Waals surface area contributed by atoms with E-state index >= 15 is 0 Å². The van der Waals surface area contributed by atoms with Crippen LogP contribution in [-0.4, -0.2) is 27.7 Å². The lowest BCUT2D eigenvalue weighted by Gasteiger charge is -2.27. The largest absolute Gasteiger partial charge is 0.479 e. The number of amides is 1. The molecule has 1 amide bonds. The van der Waals surface area contributed by atoms with E-state index in [1.165, 1.54) is 43.0 Å². The minimum atomic E-state index is -1.05. The monoisotopic (exact) mass is 614 g/mol. The van der Waals surface area contributed by atoms with E-state index in [1.54, 1.807) is 6.07 Å². The van der Waals surface area contributed by atoms with Crippen LogP contribution in [0, 0.1) is 12.8 Å². The van der Waals surface area contributed by atoms with Crippen LogP contribution >= 0.6 is 11.6 Å². The van der Waals surface area contributed by atoms with Crippen molar-refractivity contribution in [2.24, 2.45) is 5.92 Å². The Balaban J connectivity index is 1.43. The van der Waals surface area contributed by atoms with Crippen molar-refractivity contribution in [2.45, 2.75) is 91.3 Å². The van der Waals surface area contributed by atoms with Crippen LogP contribution in [0.2, 0.25) is 5.02 Å². The van der Waals surface area contributed by atoms with Gasteiger partial charge in [0.1, 0.15) is 5.75 Å². The molecule has 6 nitrogen and oxygen atoms in total. The molecule has 0 aliphatic heterocycles. The maximum Gasteiger partial charge on any atom is 0.344 e. The van der Waals surface area contributed by atoms with Crippen LogP contribution in [0.3, 0.4) is 0 Å². The highest BCUT2D eigenvalue weighted by atomic mass is 35.5. The molecule has 1 aromatic heterocycles. The van der Waals surface area contributed by atoms with Gasteiger partial charge < -0.3 is 19.7 Å². The van der Waals surface area contributed by atoms with Crippen molar-refractivity contribution in [1.29, 1.82) is 0 Å². The fourth-order valence-corrected chi connectivity index (χ4v) is 6.07. The maximum atomic E-state index is 13.5. The molecule has 0 unspecified atom stereocenters. The van der Waals surface area contributed by atoms with Crippen LogP contribution in [0.5, 0.6) is 5.75 Å². The molecule has 0 bridgehead atoms. The van der Waals surface area contributed by atoms with Gasteiger partial charge in [-0.05, 0) is 97.9 Å². The first kappa shape index (κ1) is 31.6. The number of carbonyl (C=O) groups is 2. The first-order chi connectivity index (χ1) is 20.8. The summed E-state index contributed by atoms with van der Waals surface area (Å²) in [6.07, 6.45) is 3.33. The Kier molecular flexibility index (Phi) is 9.12. The van der Waals surface area contributed by atoms with Gasteiger partial charge in [-0.1, -0.05) is 75.2 Å². The van der Waals surface area contributed by atoms with Crippen molar-refractivity contribution in [2.75, 3.05) is 0 Å². The van der Waals surface area contributed by atoms with Gasteiger partial charge in [0.2, 0.25) is 0 Å². The fraction of sp³-hybridized carbons (Fsp3) is 0.405. The van der Waals surface area contributed by atoms with Gasteiger partial charge in [0.15, 0.2) is 6.10 Å². The molecule has 2 N–H and O–H groups in total. The summed E-state index contributed by atoms with van der Waals surface area (Å²) in [7, 11) is 0. The first-order valence-electron chi connectivity index (χ1n) is 15.5. The molecule has 1 aliphatic carbocycles. The molecule has 44 heavy (non-hydrogen) atoms. The van der Waals surface area contributed by atoms with Gasteiger partial charge in [-0.15, -0.1) is 0 Å². The number of hydrogen-bond donors (Lipinski definition) is 2. The molecule has 1 fully saturated rings. The van der Waals surface area contributed by atoms with Crippen molar-refractivity contribution < 1.29 is 19.4 Å². The number of carbonyl (C=O) groups excluding carboxylic acids is 1. The summed E-state index contributed by atoms with van der Waals surface area (Å²) in [5, 5.41) is 14.0. The van der Waals surface area contributed by atoms with Crippen molar-refractivity contribution in [3.8, 4) is 5.75 Å². The standard InChI is InChI=1S/C37H43ClN2O4/c1-22(27-11-14-29(15-12-27)37(4,5)6)39-35(41)28-13-16-30-31(23(2)40(33(30)20-28)21-25-8-7-9-25)18-26-10-17-32(38)34(19-26)44-24(3)36(42)43/h10-17,19-20,22,24-25H,7-9,18,21H2,1-6H3,(H,39,41)(H,42,43)/t22-,24+/m0/s1. The lowest BCUT2D eigenvalue weighted by molar-refractivity contribution is -0.144. The average molecular weight is 615 g/mol. The average Bonchev–Trinajstić information content (AvgIpc) is 3.21. The summed E-state index contributed by atoms with van der Waals surface area (Å²) in [4.78, 5) is 24.9. The second-order valence-electron chi connectivity index (χ2n) is 13.3. The second-order valence-corrected chi connectivity index (χ2v) is 13.7. The molecule has 7 heteroatoms. The van der Waals surface area contributed by atoms with E-state index < -0.39 is 12.1 Å². The number of aliphatic carboxylic acids is 1. The summed E-state index contributed by atoms with van der Waals surface area (Å²) in [5.74, 6) is -0.147. The predicted octanol–water partition coefficient (Wildman–Crippen LogP) is 8.63. The Hall–Kier alpha value is -3.77. The number of nitrogens with zero attached hydrogens (tertiary/aromatic N) is 1. The number of halogens is 1. The van der Waals surface area contributed by atoms with Crippen LogP contribution in [0.4, 0.5) is 0 Å². The minimum Gasteiger partial charge on any atom is -0.479 e. The highest BCUT2D eigenvalue weighted by Crippen LogP contribution is 2.35. The van der Waals surface area contributed by atoms with Gasteiger partial charge in [-0.3, -0.25) is 4.79 Å². The number of carboxylic acid groups (broad SMARTS) is 1. The summed E-state index contributed by atoms with van der Waals surface area (Å²) < 4.78 is 8.00. The zero-order valence-corrected chi connectivity index (χ0v) is 27.3. The number of carboxylic acids is 1. The SMILES string of the molecule is Cc1c(Cc2ccc(Cl)c(O[C@H](C)C(=O)O)c2)c2ccc(C(=O)N[C@@H](C)c3ccc(C(C)(C)C)cc3)cc2n1CC1CCC1. The molecular formula is C37H43ClN2O4. The van der Waals surface area contributed by atoms with E-state index in [0.717, 1.165) is 28.6 Å². The Morgan fingerprint density at radius 1 is 1.05 bits per heavy atom. The minimum absolute atomic E-state index is 0.0777. The molecule has 1 saturated carbocycles. The number of hydrogen-bond acceptors (Lipinski definition) is 3. The smallest absolute Gasteiger partial charge is 0.344 e. The molecule has 0 spiro atoms. The van der Waals surface area contributed by atoms with Crippen LogP contribution in [-0.2, 0) is 23.2 Å². The van der Waals surface area contributed by atoms with Crippen LogP contribution in [0.1, 0.15) is 98.2 Å². The molecule has 0 saturated heterocycles. The van der Waals surface area contributed by atoms with Crippen LogP contribution < -0.4 is 10.1 Å². The predicted molar refractivity (Wildman–Crippen MR) is 177 cm³/mol. The van der Waals surface area contributed by atoms with E-state index in [-0.39, 0.29) is 17.4 Å². The van der Waals surface area contributed by atoms with Crippen LogP contribution in [0.15, 0.2) is 60.7 Å². The van der Waals surface area contributed by atoms with Gasteiger partial charge >= 0.3 is 5.97 Å². The summed E-state index contributed by atoms with van der Waals surface area (Å²) >= 11 is 6.35. The number of fused-ring (bicyclic) bond motifs is 1. The van der Waals surface area contributed by atoms with Crippen molar-refractivity contribution >= 4 is 34.4 Å². The molecular weight excluding hydrogens is 572 g/mol.